The Labute approximate surface area is 197 Å². The molecule has 4 aromatic rings. The van der Waals surface area contributed by atoms with Crippen molar-refractivity contribution in [3.63, 3.8) is 0 Å². The molecule has 5 heteroatoms. The minimum atomic E-state index is -0.141. The maximum atomic E-state index is 12.8. The minimum Gasteiger partial charge on any atom is -0.368 e. The van der Waals surface area contributed by atoms with Crippen molar-refractivity contribution in [2.75, 3.05) is 31.1 Å². The predicted octanol–water partition coefficient (Wildman–Crippen LogP) is 5.79. The standard InChI is InChI=1S/C28H23N3OS/c32-27-26(19-21-18-20-8-4-5-11-23(20)25-13-7-6-12-24(21)25)33-28(29-27)31-16-14-30(15-17-31)22-9-2-1-3-10-22/h1-13,18-19H,14-17H2/b26-19-. The van der Waals surface area contributed by atoms with Gasteiger partial charge in [0.25, 0.3) is 5.91 Å². The summed E-state index contributed by atoms with van der Waals surface area (Å²) in [5.74, 6) is -0.141. The molecule has 2 aliphatic heterocycles. The van der Waals surface area contributed by atoms with Crippen LogP contribution >= 0.6 is 11.8 Å². The minimum absolute atomic E-state index is 0.141. The number of amidine groups is 1. The second-order valence-corrected chi connectivity index (χ2v) is 9.36. The van der Waals surface area contributed by atoms with Gasteiger partial charge in [0.1, 0.15) is 0 Å². The quantitative estimate of drug-likeness (QED) is 0.287. The van der Waals surface area contributed by atoms with E-state index in [1.54, 1.807) is 0 Å². The SMILES string of the molecule is O=C1N=C(N2CCN(c3ccccc3)CC2)S/C1=C\c1cc2ccccc2c2ccccc12. The van der Waals surface area contributed by atoms with Crippen LogP contribution in [0.4, 0.5) is 5.69 Å². The summed E-state index contributed by atoms with van der Waals surface area (Å²) < 4.78 is 0. The van der Waals surface area contributed by atoms with E-state index in [0.717, 1.165) is 42.3 Å². The zero-order valence-electron chi connectivity index (χ0n) is 18.1. The van der Waals surface area contributed by atoms with Crippen LogP contribution in [0.2, 0.25) is 0 Å². The summed E-state index contributed by atoms with van der Waals surface area (Å²) in [5.41, 5.74) is 2.31. The number of fused-ring (bicyclic) bond motifs is 3. The molecule has 0 spiro atoms. The molecule has 1 amide bonds. The Morgan fingerprint density at radius 1 is 0.727 bits per heavy atom. The zero-order valence-corrected chi connectivity index (χ0v) is 19.0. The summed E-state index contributed by atoms with van der Waals surface area (Å²) in [7, 11) is 0. The summed E-state index contributed by atoms with van der Waals surface area (Å²) in [4.78, 5) is 22.5. The number of hydrogen-bond acceptors (Lipinski definition) is 4. The summed E-state index contributed by atoms with van der Waals surface area (Å²) >= 11 is 1.50. The highest BCUT2D eigenvalue weighted by Crippen LogP contribution is 2.35. The molecule has 1 saturated heterocycles. The monoisotopic (exact) mass is 449 g/mol. The number of anilines is 1. The molecule has 6 rings (SSSR count). The van der Waals surface area contributed by atoms with Crippen molar-refractivity contribution in [2.24, 2.45) is 4.99 Å². The normalized spacial score (nSPS) is 17.9. The average molecular weight is 450 g/mol. The van der Waals surface area contributed by atoms with Gasteiger partial charge in [0, 0.05) is 31.9 Å². The molecule has 4 aromatic carbocycles. The zero-order chi connectivity index (χ0) is 22.2. The van der Waals surface area contributed by atoms with Crippen LogP contribution in [-0.2, 0) is 4.79 Å². The largest absolute Gasteiger partial charge is 0.368 e. The highest BCUT2D eigenvalue weighted by molar-refractivity contribution is 8.18. The van der Waals surface area contributed by atoms with Crippen molar-refractivity contribution in [3.8, 4) is 0 Å². The number of rotatable bonds is 2. The molecular formula is C28H23N3OS. The number of hydrogen-bond donors (Lipinski definition) is 0. The van der Waals surface area contributed by atoms with Gasteiger partial charge >= 0.3 is 0 Å². The second-order valence-electron chi connectivity index (χ2n) is 8.35. The van der Waals surface area contributed by atoms with Crippen molar-refractivity contribution in [3.05, 3.63) is 95.4 Å². The third-order valence-electron chi connectivity index (χ3n) is 6.37. The molecule has 0 saturated carbocycles. The molecule has 162 valence electrons. The number of aliphatic imine (C=N–C) groups is 1. The van der Waals surface area contributed by atoms with Crippen molar-refractivity contribution in [1.82, 2.24) is 4.90 Å². The molecule has 0 bridgehead atoms. The Morgan fingerprint density at radius 3 is 2.15 bits per heavy atom. The smallest absolute Gasteiger partial charge is 0.286 e. The molecule has 0 radical (unpaired) electrons. The van der Waals surface area contributed by atoms with Crippen molar-refractivity contribution in [2.45, 2.75) is 0 Å². The number of benzene rings is 4. The fourth-order valence-corrected chi connectivity index (χ4v) is 5.63. The van der Waals surface area contributed by atoms with Crippen LogP contribution < -0.4 is 4.90 Å². The highest BCUT2D eigenvalue weighted by atomic mass is 32.2. The van der Waals surface area contributed by atoms with E-state index >= 15 is 0 Å². The van der Waals surface area contributed by atoms with Crippen LogP contribution in [0.25, 0.3) is 27.6 Å². The van der Waals surface area contributed by atoms with Gasteiger partial charge in [-0.15, -0.1) is 0 Å². The van der Waals surface area contributed by atoms with Crippen LogP contribution in [0.15, 0.2) is 94.8 Å². The van der Waals surface area contributed by atoms with Crippen molar-refractivity contribution in [1.29, 1.82) is 0 Å². The lowest BCUT2D eigenvalue weighted by atomic mass is 9.97. The highest BCUT2D eigenvalue weighted by Gasteiger charge is 2.28. The van der Waals surface area contributed by atoms with Gasteiger partial charge < -0.3 is 9.80 Å². The number of carbonyl (C=O) groups excluding carboxylic acids is 1. The van der Waals surface area contributed by atoms with Gasteiger partial charge in [-0.25, -0.2) is 0 Å². The molecule has 2 aliphatic rings. The van der Waals surface area contributed by atoms with E-state index in [0.29, 0.717) is 4.91 Å². The van der Waals surface area contributed by atoms with E-state index in [-0.39, 0.29) is 5.91 Å². The number of para-hydroxylation sites is 1. The van der Waals surface area contributed by atoms with Gasteiger partial charge in [-0.2, -0.15) is 4.99 Å². The Bertz CT molecular complexity index is 1420. The first-order chi connectivity index (χ1) is 16.3. The first-order valence-corrected chi connectivity index (χ1v) is 12.1. The number of carbonyl (C=O) groups is 1. The maximum absolute atomic E-state index is 12.8. The molecule has 33 heavy (non-hydrogen) atoms. The van der Waals surface area contributed by atoms with Crippen LogP contribution in [0.3, 0.4) is 0 Å². The summed E-state index contributed by atoms with van der Waals surface area (Å²) in [6.45, 7) is 3.57. The molecule has 0 unspecified atom stereocenters. The maximum Gasteiger partial charge on any atom is 0.286 e. The first kappa shape index (κ1) is 20.1. The van der Waals surface area contributed by atoms with E-state index in [9.17, 15) is 4.79 Å². The van der Waals surface area contributed by atoms with Gasteiger partial charge in [0.2, 0.25) is 0 Å². The third-order valence-corrected chi connectivity index (χ3v) is 7.41. The van der Waals surface area contributed by atoms with Gasteiger partial charge in [0.15, 0.2) is 5.17 Å². The van der Waals surface area contributed by atoms with Crippen LogP contribution in [0.1, 0.15) is 5.56 Å². The molecular weight excluding hydrogens is 426 g/mol. The van der Waals surface area contributed by atoms with Gasteiger partial charge in [-0.3, -0.25) is 4.79 Å². The molecule has 0 N–H and O–H groups in total. The van der Waals surface area contributed by atoms with Crippen LogP contribution in [0.5, 0.6) is 0 Å². The summed E-state index contributed by atoms with van der Waals surface area (Å²) in [5, 5.41) is 5.59. The molecule has 4 nitrogen and oxygen atoms in total. The number of thioether (sulfide) groups is 1. The lowest BCUT2D eigenvalue weighted by Gasteiger charge is -2.36. The van der Waals surface area contributed by atoms with Gasteiger partial charge in [-0.1, -0.05) is 66.7 Å². The average Bonchev–Trinajstić information content (AvgIpc) is 3.25. The lowest BCUT2D eigenvalue weighted by molar-refractivity contribution is -0.113. The van der Waals surface area contributed by atoms with Crippen molar-refractivity contribution >= 4 is 56.1 Å². The topological polar surface area (TPSA) is 35.9 Å². The van der Waals surface area contributed by atoms with E-state index in [1.165, 1.54) is 33.6 Å². The van der Waals surface area contributed by atoms with E-state index in [1.807, 2.05) is 12.1 Å². The van der Waals surface area contributed by atoms with Gasteiger partial charge in [0.05, 0.1) is 4.91 Å². The molecule has 1 fully saturated rings. The lowest BCUT2D eigenvalue weighted by Crippen LogP contribution is -2.47. The Hall–Kier alpha value is -3.57. The number of piperazine rings is 1. The molecule has 2 heterocycles. The molecule has 0 aliphatic carbocycles. The predicted molar refractivity (Wildman–Crippen MR) is 140 cm³/mol. The van der Waals surface area contributed by atoms with E-state index in [4.69, 9.17) is 0 Å². The summed E-state index contributed by atoms with van der Waals surface area (Å²) in [6, 6.07) is 29.5. The molecule has 0 aromatic heterocycles. The summed E-state index contributed by atoms with van der Waals surface area (Å²) in [6.07, 6.45) is 2.01. The van der Waals surface area contributed by atoms with Crippen LogP contribution in [-0.4, -0.2) is 42.2 Å². The second kappa shape index (κ2) is 8.41. The Morgan fingerprint density at radius 2 is 1.36 bits per heavy atom. The van der Waals surface area contributed by atoms with Crippen molar-refractivity contribution < 1.29 is 4.79 Å². The van der Waals surface area contributed by atoms with Gasteiger partial charge in [-0.05, 0) is 63.1 Å². The molecule has 0 atom stereocenters. The van der Waals surface area contributed by atoms with E-state index in [2.05, 4.69) is 93.7 Å². The fourth-order valence-electron chi connectivity index (χ4n) is 4.67. The Kier molecular flexibility index (Phi) is 5.11. The third kappa shape index (κ3) is 3.79. The fraction of sp³-hybridized carbons (Fsp3) is 0.143. The Balaban J connectivity index is 1.25. The first-order valence-electron chi connectivity index (χ1n) is 11.2. The van der Waals surface area contributed by atoms with Crippen LogP contribution in [0, 0.1) is 0 Å². The van der Waals surface area contributed by atoms with E-state index < -0.39 is 0 Å². The number of amides is 1. The number of nitrogens with zero attached hydrogens (tertiary/aromatic N) is 3.